The SMILES string of the molecule is FC(F)(F)c1cc(-c2cccc(-c3cc4ccccc4cn3)c2)cc(C(F)(F)F)n1. The summed E-state index contributed by atoms with van der Waals surface area (Å²) >= 11 is 0. The van der Waals surface area contributed by atoms with Gasteiger partial charge in [-0.15, -0.1) is 0 Å². The number of pyridine rings is 2. The molecule has 0 bridgehead atoms. The molecule has 4 rings (SSSR count). The summed E-state index contributed by atoms with van der Waals surface area (Å²) in [5.74, 6) is 0. The summed E-state index contributed by atoms with van der Waals surface area (Å²) in [4.78, 5) is 7.11. The van der Waals surface area contributed by atoms with Gasteiger partial charge < -0.3 is 0 Å². The van der Waals surface area contributed by atoms with E-state index in [9.17, 15) is 26.3 Å². The zero-order valence-electron chi connectivity index (χ0n) is 15.1. The topological polar surface area (TPSA) is 25.8 Å². The minimum absolute atomic E-state index is 0.195. The van der Waals surface area contributed by atoms with Crippen LogP contribution in [0.3, 0.4) is 0 Å². The van der Waals surface area contributed by atoms with Crippen LogP contribution in [-0.4, -0.2) is 9.97 Å². The van der Waals surface area contributed by atoms with Crippen molar-refractivity contribution in [2.24, 2.45) is 0 Å². The lowest BCUT2D eigenvalue weighted by molar-refractivity contribution is -0.150. The fraction of sp³-hybridized carbons (Fsp3) is 0.0909. The van der Waals surface area contributed by atoms with E-state index >= 15 is 0 Å². The molecule has 2 aromatic carbocycles. The van der Waals surface area contributed by atoms with Gasteiger partial charge in [-0.05, 0) is 40.8 Å². The number of hydrogen-bond acceptors (Lipinski definition) is 2. The first-order valence-electron chi connectivity index (χ1n) is 8.73. The summed E-state index contributed by atoms with van der Waals surface area (Å²) in [6.45, 7) is 0. The monoisotopic (exact) mass is 418 g/mol. The summed E-state index contributed by atoms with van der Waals surface area (Å²) in [6, 6.07) is 16.7. The molecule has 4 aromatic rings. The first-order chi connectivity index (χ1) is 14.1. The first-order valence-corrected chi connectivity index (χ1v) is 8.73. The molecule has 0 aliphatic heterocycles. The molecule has 0 aliphatic rings. The lowest BCUT2D eigenvalue weighted by atomic mass is 10.00. The van der Waals surface area contributed by atoms with Crippen LogP contribution >= 0.6 is 0 Å². The third-order valence-corrected chi connectivity index (χ3v) is 4.53. The number of halogens is 6. The molecule has 8 heteroatoms. The molecular formula is C22H12F6N2. The number of alkyl halides is 6. The zero-order chi connectivity index (χ0) is 21.5. The van der Waals surface area contributed by atoms with Crippen molar-refractivity contribution in [1.29, 1.82) is 0 Å². The quantitative estimate of drug-likeness (QED) is 0.328. The van der Waals surface area contributed by atoms with Gasteiger partial charge in [0.25, 0.3) is 0 Å². The molecular weight excluding hydrogens is 406 g/mol. The van der Waals surface area contributed by atoms with E-state index < -0.39 is 23.7 Å². The molecule has 152 valence electrons. The van der Waals surface area contributed by atoms with Gasteiger partial charge >= 0.3 is 12.4 Å². The van der Waals surface area contributed by atoms with Gasteiger partial charge in [0, 0.05) is 17.1 Å². The van der Waals surface area contributed by atoms with E-state index in [-0.39, 0.29) is 11.1 Å². The average molecular weight is 418 g/mol. The van der Waals surface area contributed by atoms with Gasteiger partial charge in [-0.2, -0.15) is 26.3 Å². The minimum atomic E-state index is -5.01. The fourth-order valence-corrected chi connectivity index (χ4v) is 3.09. The first kappa shape index (κ1) is 19.9. The number of aromatic nitrogens is 2. The van der Waals surface area contributed by atoms with Crippen molar-refractivity contribution < 1.29 is 26.3 Å². The molecule has 0 N–H and O–H groups in total. The van der Waals surface area contributed by atoms with Crippen LogP contribution in [0.5, 0.6) is 0 Å². The zero-order valence-corrected chi connectivity index (χ0v) is 15.1. The second-order valence-corrected chi connectivity index (χ2v) is 6.62. The van der Waals surface area contributed by atoms with Crippen molar-refractivity contribution in [2.75, 3.05) is 0 Å². The predicted molar refractivity (Wildman–Crippen MR) is 100 cm³/mol. The van der Waals surface area contributed by atoms with Crippen LogP contribution in [0.25, 0.3) is 33.2 Å². The normalized spacial score (nSPS) is 12.3. The Morgan fingerprint density at radius 1 is 0.567 bits per heavy atom. The highest BCUT2D eigenvalue weighted by Crippen LogP contribution is 2.37. The van der Waals surface area contributed by atoms with E-state index in [4.69, 9.17) is 0 Å². The third kappa shape index (κ3) is 3.98. The number of fused-ring (bicyclic) bond motifs is 1. The van der Waals surface area contributed by atoms with E-state index in [1.807, 2.05) is 30.3 Å². The number of rotatable bonds is 2. The molecule has 2 nitrogen and oxygen atoms in total. The van der Waals surface area contributed by atoms with Gasteiger partial charge in [0.1, 0.15) is 11.4 Å². The standard InChI is InChI=1S/C22H12F6N2/c23-21(24,25)19-10-17(11-20(30-19)22(26,27)28)13-6-3-7-15(8-13)18-9-14-4-1-2-5-16(14)12-29-18/h1-12H. The van der Waals surface area contributed by atoms with E-state index in [1.54, 1.807) is 18.3 Å². The summed E-state index contributed by atoms with van der Waals surface area (Å²) < 4.78 is 78.6. The Hall–Kier alpha value is -3.42. The van der Waals surface area contributed by atoms with Crippen molar-refractivity contribution in [2.45, 2.75) is 12.4 Å². The Morgan fingerprint density at radius 3 is 1.80 bits per heavy atom. The van der Waals surface area contributed by atoms with Crippen molar-refractivity contribution in [3.63, 3.8) is 0 Å². The van der Waals surface area contributed by atoms with E-state index in [2.05, 4.69) is 9.97 Å². The summed E-state index contributed by atoms with van der Waals surface area (Å²) in [6.07, 6.45) is -8.35. The van der Waals surface area contributed by atoms with Gasteiger partial charge in [-0.25, -0.2) is 4.98 Å². The van der Waals surface area contributed by atoms with Crippen LogP contribution in [0.15, 0.2) is 72.9 Å². The van der Waals surface area contributed by atoms with Crippen molar-refractivity contribution in [3.8, 4) is 22.4 Å². The third-order valence-electron chi connectivity index (χ3n) is 4.53. The summed E-state index contributed by atoms with van der Waals surface area (Å²) in [5.41, 5.74) is -2.11. The summed E-state index contributed by atoms with van der Waals surface area (Å²) in [7, 11) is 0. The van der Waals surface area contributed by atoms with Crippen LogP contribution < -0.4 is 0 Å². The van der Waals surface area contributed by atoms with Crippen molar-refractivity contribution >= 4 is 10.8 Å². The molecule has 2 aromatic heterocycles. The van der Waals surface area contributed by atoms with E-state index in [0.29, 0.717) is 23.4 Å². The van der Waals surface area contributed by atoms with Gasteiger partial charge in [-0.3, -0.25) is 4.98 Å². The Labute approximate surface area is 166 Å². The molecule has 0 amide bonds. The molecule has 0 aliphatic carbocycles. The maximum atomic E-state index is 13.1. The maximum absolute atomic E-state index is 13.1. The van der Waals surface area contributed by atoms with Gasteiger partial charge in [0.15, 0.2) is 0 Å². The average Bonchev–Trinajstić information content (AvgIpc) is 2.72. The second kappa shape index (κ2) is 7.12. The highest BCUT2D eigenvalue weighted by molar-refractivity contribution is 5.85. The summed E-state index contributed by atoms with van der Waals surface area (Å²) in [5, 5.41) is 1.83. The van der Waals surface area contributed by atoms with Crippen LogP contribution in [-0.2, 0) is 12.4 Å². The highest BCUT2D eigenvalue weighted by Gasteiger charge is 2.38. The molecule has 2 heterocycles. The molecule has 0 saturated heterocycles. The van der Waals surface area contributed by atoms with Crippen LogP contribution in [0.1, 0.15) is 11.4 Å². The number of benzene rings is 2. The van der Waals surface area contributed by atoms with Crippen LogP contribution in [0.2, 0.25) is 0 Å². The number of hydrogen-bond donors (Lipinski definition) is 0. The molecule has 0 radical (unpaired) electrons. The Bertz CT molecular complexity index is 1200. The van der Waals surface area contributed by atoms with Crippen LogP contribution in [0.4, 0.5) is 26.3 Å². The second-order valence-electron chi connectivity index (χ2n) is 6.62. The maximum Gasteiger partial charge on any atom is 0.433 e. The molecule has 30 heavy (non-hydrogen) atoms. The molecule has 0 fully saturated rings. The Kier molecular flexibility index (Phi) is 4.72. The largest absolute Gasteiger partial charge is 0.433 e. The Balaban J connectivity index is 1.83. The number of nitrogens with zero attached hydrogens (tertiary/aromatic N) is 2. The van der Waals surface area contributed by atoms with Crippen LogP contribution in [0, 0.1) is 0 Å². The van der Waals surface area contributed by atoms with Crippen molar-refractivity contribution in [3.05, 3.63) is 84.3 Å². The highest BCUT2D eigenvalue weighted by atomic mass is 19.4. The van der Waals surface area contributed by atoms with Gasteiger partial charge in [-0.1, -0.05) is 42.5 Å². The van der Waals surface area contributed by atoms with E-state index in [1.165, 1.54) is 12.1 Å². The Morgan fingerprint density at radius 2 is 1.17 bits per heavy atom. The predicted octanol–water partition coefficient (Wildman–Crippen LogP) is 7.00. The molecule has 0 spiro atoms. The molecule has 0 atom stereocenters. The van der Waals surface area contributed by atoms with Gasteiger partial charge in [0.05, 0.1) is 5.69 Å². The fourth-order valence-electron chi connectivity index (χ4n) is 3.09. The molecule has 0 unspecified atom stereocenters. The van der Waals surface area contributed by atoms with Crippen molar-refractivity contribution in [1.82, 2.24) is 9.97 Å². The smallest absolute Gasteiger partial charge is 0.256 e. The lowest BCUT2D eigenvalue weighted by Gasteiger charge is -2.14. The van der Waals surface area contributed by atoms with Gasteiger partial charge in [0.2, 0.25) is 0 Å². The molecule has 0 saturated carbocycles. The minimum Gasteiger partial charge on any atom is -0.256 e. The van der Waals surface area contributed by atoms with E-state index in [0.717, 1.165) is 10.8 Å². The lowest BCUT2D eigenvalue weighted by Crippen LogP contribution is -2.15.